The van der Waals surface area contributed by atoms with E-state index in [-0.39, 0.29) is 47.9 Å². The molecule has 4 fully saturated rings. The van der Waals surface area contributed by atoms with E-state index in [1.807, 2.05) is 50.5 Å². The average Bonchev–Trinajstić information content (AvgIpc) is 3.30. The summed E-state index contributed by atoms with van der Waals surface area (Å²) < 4.78 is 59.7. The second kappa shape index (κ2) is 15.2. The first-order chi connectivity index (χ1) is 23.3. The van der Waals surface area contributed by atoms with Crippen molar-refractivity contribution in [3.8, 4) is 5.75 Å². The quantitative estimate of drug-likeness (QED) is 0.233. The topological polar surface area (TPSA) is 82.2 Å². The Morgan fingerprint density at radius 2 is 1.76 bits per heavy atom. The van der Waals surface area contributed by atoms with Crippen molar-refractivity contribution >= 4 is 15.9 Å². The number of nitrogens with one attached hydrogen (secondary N) is 1. The summed E-state index contributed by atoms with van der Waals surface area (Å²) in [4.78, 5) is 18.1. The van der Waals surface area contributed by atoms with Gasteiger partial charge in [0.05, 0.1) is 5.75 Å². The Bertz CT molecular complexity index is 1590. The van der Waals surface area contributed by atoms with Crippen LogP contribution in [0.3, 0.4) is 0 Å². The monoisotopic (exact) mass is 716 g/mol. The molecule has 0 aromatic heterocycles. The molecule has 6 rings (SSSR count). The van der Waals surface area contributed by atoms with E-state index >= 15 is 0 Å². The molecule has 2 aromatic rings. The summed E-state index contributed by atoms with van der Waals surface area (Å²) in [6, 6.07) is 14.2. The van der Waals surface area contributed by atoms with Crippen LogP contribution < -0.4 is 10.1 Å². The zero-order valence-corrected chi connectivity index (χ0v) is 32.0. The maximum absolute atomic E-state index is 13.7. The Morgan fingerprint density at radius 1 is 1.06 bits per heavy atom. The molecular formula is C39H58F2N4O4S. The third-order valence-corrected chi connectivity index (χ3v) is 13.4. The maximum Gasteiger partial charge on any atom is 0.387 e. The summed E-state index contributed by atoms with van der Waals surface area (Å²) in [5.74, 6) is 1.44. The zero-order chi connectivity index (χ0) is 36.6. The van der Waals surface area contributed by atoms with Gasteiger partial charge in [0.1, 0.15) is 11.8 Å². The van der Waals surface area contributed by atoms with Crippen LogP contribution in [0.1, 0.15) is 83.9 Å². The van der Waals surface area contributed by atoms with Crippen LogP contribution in [0.4, 0.5) is 8.78 Å². The van der Waals surface area contributed by atoms with Crippen molar-refractivity contribution in [3.63, 3.8) is 0 Å². The summed E-state index contributed by atoms with van der Waals surface area (Å²) >= 11 is 0. The van der Waals surface area contributed by atoms with Crippen LogP contribution in [0.2, 0.25) is 0 Å². The molecule has 8 nitrogen and oxygen atoms in total. The number of alkyl halides is 2. The number of halogens is 2. The minimum absolute atomic E-state index is 0.00548. The molecule has 278 valence electrons. The third kappa shape index (κ3) is 9.06. The number of likely N-dealkylation sites (N-methyl/N-ethyl adjacent to an activating group) is 1. The molecule has 0 radical (unpaired) electrons. The van der Waals surface area contributed by atoms with Gasteiger partial charge in [-0.15, -0.1) is 0 Å². The van der Waals surface area contributed by atoms with Gasteiger partial charge in [-0.25, -0.2) is 8.42 Å². The fourth-order valence-electron chi connectivity index (χ4n) is 8.86. The molecule has 4 aliphatic rings. The molecule has 2 bridgehead atoms. The van der Waals surface area contributed by atoms with Gasteiger partial charge in [-0.2, -0.15) is 13.1 Å². The highest BCUT2D eigenvalue weighted by Crippen LogP contribution is 2.61. The lowest BCUT2D eigenvalue weighted by molar-refractivity contribution is -0.136. The minimum atomic E-state index is -3.61. The molecule has 1 N–H and O–H groups in total. The van der Waals surface area contributed by atoms with Gasteiger partial charge in [0.15, 0.2) is 0 Å². The number of benzene rings is 2. The lowest BCUT2D eigenvalue weighted by atomic mass is 9.45. The van der Waals surface area contributed by atoms with Crippen molar-refractivity contribution in [2.24, 2.45) is 28.6 Å². The number of rotatable bonds is 14. The Morgan fingerprint density at radius 3 is 2.40 bits per heavy atom. The van der Waals surface area contributed by atoms with Gasteiger partial charge in [0.2, 0.25) is 15.9 Å². The normalized spacial score (nSPS) is 26.6. The van der Waals surface area contributed by atoms with Crippen LogP contribution in [-0.2, 0) is 34.5 Å². The van der Waals surface area contributed by atoms with Gasteiger partial charge in [-0.1, -0.05) is 84.0 Å². The Labute approximate surface area is 299 Å². The molecule has 6 atom stereocenters. The van der Waals surface area contributed by atoms with Crippen LogP contribution >= 0.6 is 0 Å². The van der Waals surface area contributed by atoms with Gasteiger partial charge in [-0.3, -0.25) is 9.69 Å². The maximum atomic E-state index is 13.7. The van der Waals surface area contributed by atoms with Gasteiger partial charge < -0.3 is 15.0 Å². The Hall–Kier alpha value is -2.60. The molecular weight excluding hydrogens is 659 g/mol. The first kappa shape index (κ1) is 38.6. The number of hydrogen-bond acceptors (Lipinski definition) is 6. The summed E-state index contributed by atoms with van der Waals surface area (Å²) in [6.07, 6.45) is 3.29. The predicted octanol–water partition coefficient (Wildman–Crippen LogP) is 6.75. The molecule has 1 aliphatic heterocycles. The summed E-state index contributed by atoms with van der Waals surface area (Å²) in [5, 5.41) is 3.27. The van der Waals surface area contributed by atoms with E-state index in [0.29, 0.717) is 41.8 Å². The Kier molecular flexibility index (Phi) is 11.7. The molecule has 1 heterocycles. The van der Waals surface area contributed by atoms with Crippen LogP contribution in [-0.4, -0.2) is 79.6 Å². The minimum Gasteiger partial charge on any atom is -0.434 e. The summed E-state index contributed by atoms with van der Waals surface area (Å²) in [6.45, 7) is 12.3. The van der Waals surface area contributed by atoms with Crippen molar-refractivity contribution in [2.45, 2.75) is 112 Å². The number of carbonyl (C=O) groups is 1. The van der Waals surface area contributed by atoms with Gasteiger partial charge in [-0.05, 0) is 85.6 Å². The molecule has 1 amide bonds. The molecule has 1 saturated heterocycles. The second-order valence-electron chi connectivity index (χ2n) is 17.1. The van der Waals surface area contributed by atoms with Gasteiger partial charge in [0.25, 0.3) is 0 Å². The van der Waals surface area contributed by atoms with Crippen molar-refractivity contribution in [1.29, 1.82) is 0 Å². The lowest BCUT2D eigenvalue weighted by Crippen LogP contribution is -2.61. The number of para-hydroxylation sites is 1. The number of fused-ring (bicyclic) bond motifs is 2. The van der Waals surface area contributed by atoms with Crippen LogP contribution in [0.25, 0.3) is 0 Å². The van der Waals surface area contributed by atoms with E-state index in [1.165, 1.54) is 10.7 Å². The van der Waals surface area contributed by atoms with E-state index in [1.54, 1.807) is 12.1 Å². The number of sulfonamides is 1. The van der Waals surface area contributed by atoms with Crippen molar-refractivity contribution in [1.82, 2.24) is 19.4 Å². The number of ether oxygens (including phenoxy) is 1. The van der Waals surface area contributed by atoms with E-state index < -0.39 is 22.7 Å². The second-order valence-corrected chi connectivity index (χ2v) is 19.2. The zero-order valence-electron chi connectivity index (χ0n) is 31.2. The van der Waals surface area contributed by atoms with Gasteiger partial charge in [0, 0.05) is 43.8 Å². The lowest BCUT2D eigenvalue weighted by Gasteiger charge is -2.62. The fourth-order valence-corrected chi connectivity index (χ4v) is 10.6. The highest BCUT2D eigenvalue weighted by molar-refractivity contribution is 7.89. The van der Waals surface area contributed by atoms with E-state index in [0.717, 1.165) is 30.5 Å². The summed E-state index contributed by atoms with van der Waals surface area (Å²) in [7, 11) is 0.451. The predicted molar refractivity (Wildman–Crippen MR) is 194 cm³/mol. The Balaban J connectivity index is 1.36. The largest absolute Gasteiger partial charge is 0.434 e. The number of hydrogen-bond donors (Lipinski definition) is 1. The molecule has 50 heavy (non-hydrogen) atoms. The van der Waals surface area contributed by atoms with Crippen molar-refractivity contribution < 1.29 is 26.7 Å². The number of amides is 1. The van der Waals surface area contributed by atoms with E-state index in [9.17, 15) is 22.0 Å². The first-order valence-corrected chi connectivity index (χ1v) is 19.7. The standard InChI is InChI=1S/C39H58F2N4O4S/c1-26-32-19-30(39(32,5)6)20-33(26)42-36(46)34-16-17-50(47,48)45(34)23-28-13-11-12-27(18-28)22-44(31(25-43(7)8)21-38(2,3)4)24-29-14-9-10-15-35(29)49-37(40)41/h9-15,18,26,30-34,37H,16-17,19-25H2,1-8H3,(H,42,46)/t26-,30+,31-,32-,33-,34?/m0/s1. The third-order valence-electron chi connectivity index (χ3n) is 11.6. The fraction of sp³-hybridized carbons (Fsp3) is 0.667. The van der Waals surface area contributed by atoms with Crippen LogP contribution in [0.15, 0.2) is 48.5 Å². The number of carbonyl (C=O) groups excluding carboxylic acids is 1. The molecule has 3 aliphatic carbocycles. The van der Waals surface area contributed by atoms with Crippen molar-refractivity contribution in [2.75, 3.05) is 26.4 Å². The molecule has 0 spiro atoms. The summed E-state index contributed by atoms with van der Waals surface area (Å²) in [5.41, 5.74) is 2.76. The van der Waals surface area contributed by atoms with Gasteiger partial charge >= 0.3 is 6.61 Å². The number of nitrogens with zero attached hydrogens (tertiary/aromatic N) is 3. The average molecular weight is 717 g/mol. The van der Waals surface area contributed by atoms with Crippen molar-refractivity contribution in [3.05, 3.63) is 65.2 Å². The van der Waals surface area contributed by atoms with Crippen LogP contribution in [0, 0.1) is 28.6 Å². The highest BCUT2D eigenvalue weighted by atomic mass is 32.2. The smallest absolute Gasteiger partial charge is 0.387 e. The molecule has 1 unspecified atom stereocenters. The molecule has 3 saturated carbocycles. The van der Waals surface area contributed by atoms with E-state index in [4.69, 9.17) is 4.74 Å². The molecule has 2 aromatic carbocycles. The highest BCUT2D eigenvalue weighted by Gasteiger charge is 2.56. The van der Waals surface area contributed by atoms with Crippen LogP contribution in [0.5, 0.6) is 5.75 Å². The molecule has 11 heteroatoms. The first-order valence-electron chi connectivity index (χ1n) is 18.1. The SMILES string of the molecule is C[C@@H]1[C@@H](NC(=O)C2CCS(=O)(=O)N2Cc2cccc(CN(Cc3ccccc3OC(F)F)[C@H](CN(C)C)CC(C)(C)C)c2)C[C@H]2C[C@@H]1C2(C)C. The van der Waals surface area contributed by atoms with E-state index in [2.05, 4.69) is 56.7 Å².